The molecule has 3 fully saturated rings. The van der Waals surface area contributed by atoms with Crippen molar-refractivity contribution in [2.24, 2.45) is 5.92 Å². The molecule has 0 N–H and O–H groups in total. The van der Waals surface area contributed by atoms with Crippen LogP contribution < -0.4 is 0 Å². The van der Waals surface area contributed by atoms with Gasteiger partial charge in [-0.15, -0.1) is 0 Å². The van der Waals surface area contributed by atoms with E-state index in [4.69, 9.17) is 5.26 Å². The summed E-state index contributed by atoms with van der Waals surface area (Å²) in [5.41, 5.74) is 1.19. The molecule has 4 nitrogen and oxygen atoms in total. The van der Waals surface area contributed by atoms with Crippen molar-refractivity contribution in [1.29, 1.82) is 5.26 Å². The number of carbonyl (C=O) groups is 1. The second-order valence-electron chi connectivity index (χ2n) is 7.69. The Hall–Kier alpha value is -2.09. The van der Waals surface area contributed by atoms with E-state index < -0.39 is 0 Å². The molecule has 0 radical (unpaired) electrons. The lowest BCUT2D eigenvalue weighted by Crippen LogP contribution is -2.53. The van der Waals surface area contributed by atoms with Crippen LogP contribution in [0.2, 0.25) is 0 Å². The van der Waals surface area contributed by atoms with Crippen LogP contribution >= 0.6 is 0 Å². The monoisotopic (exact) mass is 341 g/mol. The zero-order chi connectivity index (χ0) is 17.4. The van der Waals surface area contributed by atoms with Gasteiger partial charge in [0.05, 0.1) is 6.07 Å². The van der Waals surface area contributed by atoms with Crippen molar-refractivity contribution < 1.29 is 9.18 Å². The average Bonchev–Trinajstić information content (AvgIpc) is 2.91. The third-order valence-electron chi connectivity index (χ3n) is 6.24. The van der Waals surface area contributed by atoms with Crippen LogP contribution in [0.15, 0.2) is 24.3 Å². The molecule has 3 atom stereocenters. The molecule has 1 aromatic carbocycles. The van der Waals surface area contributed by atoms with Gasteiger partial charge in [-0.2, -0.15) is 5.26 Å². The van der Waals surface area contributed by atoms with Crippen molar-refractivity contribution in [2.45, 2.75) is 56.5 Å². The van der Waals surface area contributed by atoms with Crippen molar-refractivity contribution in [2.75, 3.05) is 13.1 Å². The van der Waals surface area contributed by atoms with E-state index in [9.17, 15) is 9.18 Å². The standard InChI is InChI=1S/C20H24FN3O/c21-17-3-1-15(2-4-17)16-11-18-5-6-19(12-16)24(18)20(25)23-9-7-14(13-22)8-10-23/h1-4,14,16,18-19H,5-12H2/t16?,18-,19+. The first-order chi connectivity index (χ1) is 12.2. The smallest absolute Gasteiger partial charge is 0.320 e. The van der Waals surface area contributed by atoms with Crippen molar-refractivity contribution in [1.82, 2.24) is 9.80 Å². The van der Waals surface area contributed by atoms with Crippen LogP contribution in [0.1, 0.15) is 50.0 Å². The van der Waals surface area contributed by atoms with Crippen LogP contribution in [0.4, 0.5) is 9.18 Å². The van der Waals surface area contributed by atoms with Crippen molar-refractivity contribution in [3.63, 3.8) is 0 Å². The van der Waals surface area contributed by atoms with E-state index in [1.54, 1.807) is 0 Å². The Morgan fingerprint density at radius 3 is 2.20 bits per heavy atom. The number of nitrogens with zero attached hydrogens (tertiary/aromatic N) is 3. The molecule has 0 spiro atoms. The molecule has 3 aliphatic heterocycles. The Kier molecular flexibility index (Phi) is 4.37. The van der Waals surface area contributed by atoms with Crippen molar-refractivity contribution in [3.8, 4) is 6.07 Å². The number of halogens is 1. The number of amides is 2. The van der Waals surface area contributed by atoms with Gasteiger partial charge in [0.15, 0.2) is 0 Å². The molecule has 2 bridgehead atoms. The van der Waals surface area contributed by atoms with E-state index in [1.165, 1.54) is 17.7 Å². The molecule has 25 heavy (non-hydrogen) atoms. The second-order valence-corrected chi connectivity index (χ2v) is 7.69. The highest BCUT2D eigenvalue weighted by atomic mass is 19.1. The Balaban J connectivity index is 1.43. The Labute approximate surface area is 148 Å². The average molecular weight is 341 g/mol. The molecule has 132 valence electrons. The number of rotatable bonds is 1. The summed E-state index contributed by atoms with van der Waals surface area (Å²) in [7, 11) is 0. The number of hydrogen-bond acceptors (Lipinski definition) is 2. The summed E-state index contributed by atoms with van der Waals surface area (Å²) >= 11 is 0. The van der Waals surface area contributed by atoms with Gasteiger partial charge >= 0.3 is 6.03 Å². The molecule has 3 saturated heterocycles. The third kappa shape index (κ3) is 3.10. The molecule has 2 amide bonds. The lowest BCUT2D eigenvalue weighted by molar-refractivity contribution is 0.0959. The summed E-state index contributed by atoms with van der Waals surface area (Å²) in [6, 6.07) is 9.95. The summed E-state index contributed by atoms with van der Waals surface area (Å²) in [6.07, 6.45) is 5.68. The predicted octanol–water partition coefficient (Wildman–Crippen LogP) is 3.89. The molecular formula is C20H24FN3O. The fourth-order valence-corrected chi connectivity index (χ4v) is 4.86. The molecular weight excluding hydrogens is 317 g/mol. The minimum atomic E-state index is -0.194. The van der Waals surface area contributed by atoms with Crippen LogP contribution in [0.5, 0.6) is 0 Å². The van der Waals surface area contributed by atoms with Crippen LogP contribution in [-0.2, 0) is 0 Å². The van der Waals surface area contributed by atoms with E-state index in [2.05, 4.69) is 11.0 Å². The zero-order valence-corrected chi connectivity index (χ0v) is 14.4. The third-order valence-corrected chi connectivity index (χ3v) is 6.24. The summed E-state index contributed by atoms with van der Waals surface area (Å²) in [5.74, 6) is 0.330. The molecule has 3 heterocycles. The molecule has 3 aliphatic rings. The maximum atomic E-state index is 13.2. The fraction of sp³-hybridized carbons (Fsp3) is 0.600. The summed E-state index contributed by atoms with van der Waals surface area (Å²) in [4.78, 5) is 17.1. The SMILES string of the molecule is N#CC1CCN(C(=O)N2[C@@H]3CC[C@H]2CC(c2ccc(F)cc2)C3)CC1. The molecule has 1 aromatic rings. The highest BCUT2D eigenvalue weighted by Crippen LogP contribution is 2.43. The topological polar surface area (TPSA) is 47.3 Å². The number of piperidine rings is 2. The zero-order valence-electron chi connectivity index (χ0n) is 14.4. The van der Waals surface area contributed by atoms with E-state index >= 15 is 0 Å². The number of benzene rings is 1. The van der Waals surface area contributed by atoms with Gasteiger partial charge in [0.1, 0.15) is 5.82 Å². The normalized spacial score (nSPS) is 29.5. The number of nitriles is 1. The number of hydrogen-bond donors (Lipinski definition) is 0. The number of urea groups is 1. The Morgan fingerprint density at radius 2 is 1.64 bits per heavy atom. The largest absolute Gasteiger partial charge is 0.325 e. The van der Waals surface area contributed by atoms with Gasteiger partial charge in [-0.3, -0.25) is 0 Å². The lowest BCUT2D eigenvalue weighted by atomic mass is 9.85. The first-order valence-corrected chi connectivity index (χ1v) is 9.38. The van der Waals surface area contributed by atoms with Gasteiger partial charge in [-0.05, 0) is 62.1 Å². The lowest BCUT2D eigenvalue weighted by Gasteiger charge is -2.42. The van der Waals surface area contributed by atoms with Gasteiger partial charge in [0.25, 0.3) is 0 Å². The number of likely N-dealkylation sites (tertiary alicyclic amines) is 1. The second kappa shape index (κ2) is 6.67. The van der Waals surface area contributed by atoms with Gasteiger partial charge in [-0.1, -0.05) is 12.1 Å². The number of fused-ring (bicyclic) bond motifs is 2. The maximum absolute atomic E-state index is 13.2. The highest BCUT2D eigenvalue weighted by molar-refractivity contribution is 5.76. The van der Waals surface area contributed by atoms with Crippen LogP contribution in [-0.4, -0.2) is 41.0 Å². The minimum absolute atomic E-state index is 0.102. The fourth-order valence-electron chi connectivity index (χ4n) is 4.86. The highest BCUT2D eigenvalue weighted by Gasteiger charge is 2.45. The van der Waals surface area contributed by atoms with Crippen LogP contribution in [0.3, 0.4) is 0 Å². The summed E-state index contributed by atoms with van der Waals surface area (Å²) in [6.45, 7) is 1.41. The van der Waals surface area contributed by atoms with Crippen molar-refractivity contribution >= 4 is 6.03 Å². The van der Waals surface area contributed by atoms with Gasteiger partial charge < -0.3 is 9.80 Å². The molecule has 0 aromatic heterocycles. The Bertz CT molecular complexity index is 661. The summed E-state index contributed by atoms with van der Waals surface area (Å²) < 4.78 is 13.2. The maximum Gasteiger partial charge on any atom is 0.320 e. The van der Waals surface area contributed by atoms with Crippen LogP contribution in [0, 0.1) is 23.1 Å². The molecule has 4 rings (SSSR count). The number of carbonyl (C=O) groups excluding carboxylic acids is 1. The predicted molar refractivity (Wildman–Crippen MR) is 92.3 cm³/mol. The molecule has 0 saturated carbocycles. The Morgan fingerprint density at radius 1 is 1.04 bits per heavy atom. The van der Waals surface area contributed by atoms with Gasteiger partial charge in [0.2, 0.25) is 0 Å². The first-order valence-electron chi connectivity index (χ1n) is 9.38. The van der Waals surface area contributed by atoms with Crippen LogP contribution in [0.25, 0.3) is 0 Å². The van der Waals surface area contributed by atoms with Crippen molar-refractivity contribution in [3.05, 3.63) is 35.6 Å². The quantitative estimate of drug-likeness (QED) is 0.778. The minimum Gasteiger partial charge on any atom is -0.325 e. The molecule has 5 heteroatoms. The molecule has 1 unspecified atom stereocenters. The van der Waals surface area contributed by atoms with Gasteiger partial charge in [-0.25, -0.2) is 9.18 Å². The van der Waals surface area contributed by atoms with E-state index in [0.29, 0.717) is 31.1 Å². The van der Waals surface area contributed by atoms with Gasteiger partial charge in [0, 0.05) is 31.1 Å². The van der Waals surface area contributed by atoms with E-state index in [1.807, 2.05) is 17.0 Å². The molecule has 0 aliphatic carbocycles. The summed E-state index contributed by atoms with van der Waals surface area (Å²) in [5, 5.41) is 9.03. The van der Waals surface area contributed by atoms with E-state index in [-0.39, 0.29) is 17.8 Å². The first kappa shape index (κ1) is 16.4. The van der Waals surface area contributed by atoms with E-state index in [0.717, 1.165) is 38.5 Å².